The van der Waals surface area contributed by atoms with Crippen molar-refractivity contribution >= 4 is 10.0 Å². The highest BCUT2D eigenvalue weighted by atomic mass is 32.2. The number of nitrogens with zero attached hydrogens (tertiary/aromatic N) is 1. The van der Waals surface area contributed by atoms with Crippen LogP contribution in [0, 0.1) is 13.8 Å². The number of nitrogens with one attached hydrogen (secondary N) is 2. The molecule has 0 atom stereocenters. The molecule has 0 saturated heterocycles. The van der Waals surface area contributed by atoms with Crippen molar-refractivity contribution in [3.05, 3.63) is 17.1 Å². The molecular formula is C13H25N3O3S. The van der Waals surface area contributed by atoms with Gasteiger partial charge in [-0.2, -0.15) is 0 Å². The van der Waals surface area contributed by atoms with E-state index in [1.54, 1.807) is 13.8 Å². The van der Waals surface area contributed by atoms with Gasteiger partial charge in [0.25, 0.3) is 0 Å². The monoisotopic (exact) mass is 303 g/mol. The number of furan rings is 1. The molecule has 0 aromatic carbocycles. The Balaban J connectivity index is 2.98. The van der Waals surface area contributed by atoms with Gasteiger partial charge in [0.2, 0.25) is 10.0 Å². The lowest BCUT2D eigenvalue weighted by Crippen LogP contribution is -2.32. The molecule has 0 spiro atoms. The van der Waals surface area contributed by atoms with Crippen LogP contribution in [0.25, 0.3) is 0 Å². The first-order valence-corrected chi connectivity index (χ1v) is 8.21. The van der Waals surface area contributed by atoms with E-state index in [4.69, 9.17) is 4.42 Å². The second-order valence-electron chi connectivity index (χ2n) is 5.00. The number of likely N-dealkylation sites (N-methyl/N-ethyl adjacent to an activating group) is 1. The molecule has 6 nitrogen and oxygen atoms in total. The first kappa shape index (κ1) is 17.2. The largest absolute Gasteiger partial charge is 0.465 e. The Bertz CT molecular complexity index is 535. The van der Waals surface area contributed by atoms with Gasteiger partial charge in [-0.05, 0) is 34.5 Å². The summed E-state index contributed by atoms with van der Waals surface area (Å²) in [7, 11) is 0.265. The number of sulfonamides is 1. The third kappa shape index (κ3) is 4.31. The Morgan fingerprint density at radius 2 is 1.85 bits per heavy atom. The fourth-order valence-electron chi connectivity index (χ4n) is 1.99. The third-order valence-electron chi connectivity index (χ3n) is 3.00. The summed E-state index contributed by atoms with van der Waals surface area (Å²) in [6, 6.07) is 0. The van der Waals surface area contributed by atoms with Gasteiger partial charge >= 0.3 is 0 Å². The summed E-state index contributed by atoms with van der Waals surface area (Å²) >= 11 is 0. The van der Waals surface area contributed by atoms with E-state index >= 15 is 0 Å². The van der Waals surface area contributed by atoms with Crippen LogP contribution in [0.3, 0.4) is 0 Å². The first-order chi connectivity index (χ1) is 9.29. The van der Waals surface area contributed by atoms with Crippen LogP contribution in [0.1, 0.15) is 24.0 Å². The van der Waals surface area contributed by atoms with Crippen molar-refractivity contribution < 1.29 is 12.8 Å². The lowest BCUT2D eigenvalue weighted by molar-refractivity contribution is 0.412. The topological polar surface area (TPSA) is 74.6 Å². The normalized spacial score (nSPS) is 12.3. The predicted octanol–water partition coefficient (Wildman–Crippen LogP) is 0.846. The minimum atomic E-state index is -3.54. The fraction of sp³-hybridized carbons (Fsp3) is 0.692. The van der Waals surface area contributed by atoms with Crippen LogP contribution in [0.15, 0.2) is 9.31 Å². The number of hydrogen-bond acceptors (Lipinski definition) is 5. The highest BCUT2D eigenvalue weighted by molar-refractivity contribution is 7.89. The average Bonchev–Trinajstić information content (AvgIpc) is 2.61. The molecule has 1 rings (SSSR count). The molecule has 0 fully saturated rings. The van der Waals surface area contributed by atoms with E-state index in [-0.39, 0.29) is 4.90 Å². The van der Waals surface area contributed by atoms with E-state index in [9.17, 15) is 8.42 Å². The molecule has 0 aliphatic carbocycles. The van der Waals surface area contributed by atoms with Crippen molar-refractivity contribution in [3.63, 3.8) is 0 Å². The molecule has 0 saturated carbocycles. The molecule has 0 amide bonds. The fourth-order valence-corrected chi connectivity index (χ4v) is 3.46. The van der Waals surface area contributed by atoms with Gasteiger partial charge in [-0.25, -0.2) is 13.1 Å². The molecule has 0 unspecified atom stereocenters. The van der Waals surface area contributed by atoms with Crippen LogP contribution in [0.4, 0.5) is 0 Å². The molecular weight excluding hydrogens is 278 g/mol. The summed E-state index contributed by atoms with van der Waals surface area (Å²) < 4.78 is 32.9. The standard InChI is InChI=1S/C13H25N3O3S/c1-6-14-9-12-10(2)19-11(3)13(12)20(17,18)15-7-8-16(4)5/h14-15H,6-9H2,1-5H3. The number of rotatable bonds is 8. The van der Waals surface area contributed by atoms with E-state index < -0.39 is 10.0 Å². The molecule has 0 radical (unpaired) electrons. The minimum absolute atomic E-state index is 0.273. The van der Waals surface area contributed by atoms with Crippen molar-refractivity contribution in [2.75, 3.05) is 33.7 Å². The maximum atomic E-state index is 12.4. The van der Waals surface area contributed by atoms with Gasteiger partial charge in [-0.1, -0.05) is 6.92 Å². The zero-order chi connectivity index (χ0) is 15.3. The average molecular weight is 303 g/mol. The van der Waals surface area contributed by atoms with E-state index in [1.165, 1.54) is 0 Å². The van der Waals surface area contributed by atoms with Crippen molar-refractivity contribution in [2.24, 2.45) is 0 Å². The Morgan fingerprint density at radius 1 is 1.20 bits per heavy atom. The van der Waals surface area contributed by atoms with Gasteiger partial charge in [-0.3, -0.25) is 0 Å². The Morgan fingerprint density at radius 3 is 2.40 bits per heavy atom. The predicted molar refractivity (Wildman–Crippen MR) is 79.3 cm³/mol. The van der Waals surface area contributed by atoms with Crippen LogP contribution < -0.4 is 10.0 Å². The summed E-state index contributed by atoms with van der Waals surface area (Å²) in [4.78, 5) is 2.20. The third-order valence-corrected chi connectivity index (χ3v) is 4.65. The molecule has 0 bridgehead atoms. The zero-order valence-electron chi connectivity index (χ0n) is 12.9. The minimum Gasteiger partial charge on any atom is -0.465 e. The maximum absolute atomic E-state index is 12.4. The second kappa shape index (κ2) is 7.21. The zero-order valence-corrected chi connectivity index (χ0v) is 13.7. The van der Waals surface area contributed by atoms with E-state index in [1.807, 2.05) is 25.9 Å². The van der Waals surface area contributed by atoms with E-state index in [0.29, 0.717) is 36.7 Å². The van der Waals surface area contributed by atoms with Crippen LogP contribution in [-0.4, -0.2) is 47.0 Å². The second-order valence-corrected chi connectivity index (χ2v) is 6.71. The van der Waals surface area contributed by atoms with E-state index in [0.717, 1.165) is 6.54 Å². The van der Waals surface area contributed by atoms with Crippen molar-refractivity contribution in [3.8, 4) is 0 Å². The molecule has 116 valence electrons. The molecule has 0 aliphatic heterocycles. The lowest BCUT2D eigenvalue weighted by atomic mass is 10.2. The number of hydrogen-bond donors (Lipinski definition) is 2. The molecule has 2 N–H and O–H groups in total. The van der Waals surface area contributed by atoms with Crippen molar-refractivity contribution in [2.45, 2.75) is 32.2 Å². The summed E-state index contributed by atoms with van der Waals surface area (Å²) in [6.07, 6.45) is 0. The van der Waals surface area contributed by atoms with Crippen molar-refractivity contribution in [1.29, 1.82) is 0 Å². The SMILES string of the molecule is CCNCc1c(C)oc(C)c1S(=O)(=O)NCCN(C)C. The first-order valence-electron chi connectivity index (χ1n) is 6.73. The Labute approximate surface area is 121 Å². The van der Waals surface area contributed by atoms with Crippen LogP contribution >= 0.6 is 0 Å². The van der Waals surface area contributed by atoms with Gasteiger partial charge in [0.1, 0.15) is 16.4 Å². The van der Waals surface area contributed by atoms with Crippen LogP contribution in [0.5, 0.6) is 0 Å². The highest BCUT2D eigenvalue weighted by Crippen LogP contribution is 2.26. The maximum Gasteiger partial charge on any atom is 0.244 e. The molecule has 1 aromatic rings. The van der Waals surface area contributed by atoms with Crippen LogP contribution in [-0.2, 0) is 16.6 Å². The number of aryl methyl sites for hydroxylation is 2. The summed E-state index contributed by atoms with van der Waals surface area (Å²) in [5, 5.41) is 3.15. The Hall–Kier alpha value is -0.890. The van der Waals surface area contributed by atoms with Gasteiger partial charge in [-0.15, -0.1) is 0 Å². The summed E-state index contributed by atoms with van der Waals surface area (Å²) in [6.45, 7) is 7.74. The summed E-state index contributed by atoms with van der Waals surface area (Å²) in [5.74, 6) is 1.09. The molecule has 7 heteroatoms. The van der Waals surface area contributed by atoms with Crippen molar-refractivity contribution in [1.82, 2.24) is 14.9 Å². The van der Waals surface area contributed by atoms with Gasteiger partial charge < -0.3 is 14.6 Å². The Kier molecular flexibility index (Phi) is 6.19. The summed E-state index contributed by atoms with van der Waals surface area (Å²) in [5.41, 5.74) is 0.710. The smallest absolute Gasteiger partial charge is 0.244 e. The van der Waals surface area contributed by atoms with Crippen LogP contribution in [0.2, 0.25) is 0 Å². The molecule has 1 heterocycles. The molecule has 1 aromatic heterocycles. The molecule has 0 aliphatic rings. The quantitative estimate of drug-likeness (QED) is 0.744. The van der Waals surface area contributed by atoms with Gasteiger partial charge in [0, 0.05) is 25.2 Å². The van der Waals surface area contributed by atoms with E-state index in [2.05, 4.69) is 10.0 Å². The van der Waals surface area contributed by atoms with Gasteiger partial charge in [0.05, 0.1) is 0 Å². The lowest BCUT2D eigenvalue weighted by Gasteiger charge is -2.12. The van der Waals surface area contributed by atoms with Gasteiger partial charge in [0.15, 0.2) is 0 Å². The molecule has 20 heavy (non-hydrogen) atoms. The highest BCUT2D eigenvalue weighted by Gasteiger charge is 2.26.